The maximum Gasteiger partial charge on any atom is 0.0406 e. The Morgan fingerprint density at radius 2 is 1.26 bits per heavy atom. The Balaban J connectivity index is 1.96. The Labute approximate surface area is 150 Å². The molecule has 0 aliphatic heterocycles. The molecule has 3 aromatic rings. The van der Waals surface area contributed by atoms with Gasteiger partial charge in [0.15, 0.2) is 0 Å². The lowest BCUT2D eigenvalue weighted by atomic mass is 10.1. The fraction of sp³-hybridized carbons (Fsp3) is 0. The van der Waals surface area contributed by atoms with Crippen molar-refractivity contribution in [3.8, 4) is 0 Å². The molecular weight excluding hydrogens is 343 g/mol. The molecule has 0 fully saturated rings. The van der Waals surface area contributed by atoms with E-state index in [0.29, 0.717) is 0 Å². The van der Waals surface area contributed by atoms with Crippen molar-refractivity contribution in [2.75, 3.05) is 0 Å². The van der Waals surface area contributed by atoms with E-state index >= 15 is 0 Å². The fourth-order valence-corrected chi connectivity index (χ4v) is 3.34. The van der Waals surface area contributed by atoms with Crippen LogP contribution in [0.4, 0.5) is 0 Å². The lowest BCUT2D eigenvalue weighted by Crippen LogP contribution is -1.82. The highest BCUT2D eigenvalue weighted by Crippen LogP contribution is 2.36. The molecule has 0 N–H and O–H groups in total. The van der Waals surface area contributed by atoms with Crippen molar-refractivity contribution in [2.45, 2.75) is 4.90 Å². The molecule has 0 saturated heterocycles. The summed E-state index contributed by atoms with van der Waals surface area (Å²) in [6.45, 7) is 0. The van der Waals surface area contributed by atoms with Gasteiger partial charge in [0.2, 0.25) is 0 Å². The summed E-state index contributed by atoms with van der Waals surface area (Å²) in [6, 6.07) is 26.1. The van der Waals surface area contributed by atoms with Crippen LogP contribution in [-0.4, -0.2) is 0 Å². The third-order valence-electron chi connectivity index (χ3n) is 3.27. The van der Waals surface area contributed by atoms with E-state index in [2.05, 4.69) is 18.2 Å². The molecule has 114 valence electrons. The summed E-state index contributed by atoms with van der Waals surface area (Å²) in [5, 5.41) is 1.49. The molecule has 0 bridgehead atoms. The van der Waals surface area contributed by atoms with Crippen LogP contribution in [-0.2, 0) is 0 Å². The SMILES string of the molecule is Clc1ccc(/C=C(/Sc2ccc(Cl)cc2)c2ccccc2)cc1. The quantitative estimate of drug-likeness (QED) is 0.349. The van der Waals surface area contributed by atoms with E-state index in [1.54, 1.807) is 11.8 Å². The Morgan fingerprint density at radius 1 is 0.696 bits per heavy atom. The Bertz CT molecular complexity index is 791. The first-order valence-electron chi connectivity index (χ1n) is 7.17. The van der Waals surface area contributed by atoms with Crippen molar-refractivity contribution in [2.24, 2.45) is 0 Å². The van der Waals surface area contributed by atoms with Crippen LogP contribution in [0.25, 0.3) is 11.0 Å². The van der Waals surface area contributed by atoms with Crippen molar-refractivity contribution in [3.63, 3.8) is 0 Å². The van der Waals surface area contributed by atoms with Crippen LogP contribution in [0, 0.1) is 0 Å². The third kappa shape index (κ3) is 4.65. The molecule has 0 unspecified atom stereocenters. The maximum atomic E-state index is 5.97. The van der Waals surface area contributed by atoms with E-state index in [-0.39, 0.29) is 0 Å². The van der Waals surface area contributed by atoms with Gasteiger partial charge in [0.05, 0.1) is 0 Å². The van der Waals surface area contributed by atoms with Crippen LogP contribution >= 0.6 is 35.0 Å². The van der Waals surface area contributed by atoms with Gasteiger partial charge in [-0.3, -0.25) is 0 Å². The molecule has 0 aliphatic carbocycles. The number of thioether (sulfide) groups is 1. The van der Waals surface area contributed by atoms with Gasteiger partial charge < -0.3 is 0 Å². The average Bonchev–Trinajstić information content (AvgIpc) is 2.59. The van der Waals surface area contributed by atoms with Crippen molar-refractivity contribution < 1.29 is 0 Å². The van der Waals surface area contributed by atoms with E-state index in [1.807, 2.05) is 66.7 Å². The minimum absolute atomic E-state index is 0.744. The molecule has 0 amide bonds. The molecule has 0 aromatic heterocycles. The molecule has 0 saturated carbocycles. The minimum atomic E-state index is 0.744. The fourth-order valence-electron chi connectivity index (χ4n) is 2.11. The molecule has 23 heavy (non-hydrogen) atoms. The Kier molecular flexibility index (Phi) is 5.45. The summed E-state index contributed by atoms with van der Waals surface area (Å²) in [4.78, 5) is 2.33. The topological polar surface area (TPSA) is 0 Å². The highest BCUT2D eigenvalue weighted by molar-refractivity contribution is 8.08. The molecule has 3 aromatic carbocycles. The van der Waals surface area contributed by atoms with E-state index in [1.165, 1.54) is 10.5 Å². The van der Waals surface area contributed by atoms with Crippen LogP contribution < -0.4 is 0 Å². The molecule has 0 heterocycles. The molecule has 0 aliphatic rings. The molecular formula is C20H14Cl2S. The van der Waals surface area contributed by atoms with Gasteiger partial charge in [0, 0.05) is 19.8 Å². The summed E-state index contributed by atoms with van der Waals surface area (Å²) < 4.78 is 0. The van der Waals surface area contributed by atoms with E-state index in [4.69, 9.17) is 23.2 Å². The largest absolute Gasteiger partial charge is 0.0894 e. The van der Waals surface area contributed by atoms with Crippen LogP contribution in [0.15, 0.2) is 83.8 Å². The van der Waals surface area contributed by atoms with Crippen molar-refractivity contribution in [1.82, 2.24) is 0 Å². The van der Waals surface area contributed by atoms with E-state index in [9.17, 15) is 0 Å². The molecule has 0 atom stereocenters. The summed E-state index contributed by atoms with van der Waals surface area (Å²) in [5.41, 5.74) is 2.30. The van der Waals surface area contributed by atoms with E-state index < -0.39 is 0 Å². The summed E-state index contributed by atoms with van der Waals surface area (Å²) >= 11 is 13.7. The summed E-state index contributed by atoms with van der Waals surface area (Å²) in [5.74, 6) is 0. The maximum absolute atomic E-state index is 5.97. The zero-order valence-electron chi connectivity index (χ0n) is 12.2. The highest BCUT2D eigenvalue weighted by atomic mass is 35.5. The van der Waals surface area contributed by atoms with E-state index in [0.717, 1.165) is 20.5 Å². The van der Waals surface area contributed by atoms with Gasteiger partial charge in [-0.25, -0.2) is 0 Å². The number of hydrogen-bond donors (Lipinski definition) is 0. The second-order valence-corrected chi connectivity index (χ2v) is 6.97. The third-order valence-corrected chi connectivity index (χ3v) is 4.85. The predicted molar refractivity (Wildman–Crippen MR) is 103 cm³/mol. The van der Waals surface area contributed by atoms with Gasteiger partial charge in [-0.15, -0.1) is 0 Å². The van der Waals surface area contributed by atoms with Crippen LogP contribution in [0.3, 0.4) is 0 Å². The van der Waals surface area contributed by atoms with Crippen molar-refractivity contribution in [3.05, 3.63) is 100 Å². The molecule has 0 radical (unpaired) electrons. The number of rotatable bonds is 4. The standard InChI is InChI=1S/C20H14Cl2S/c21-17-8-6-15(7-9-17)14-20(16-4-2-1-3-5-16)23-19-12-10-18(22)11-13-19/h1-14H/b20-14+. The number of halogens is 2. The Morgan fingerprint density at radius 3 is 1.87 bits per heavy atom. The van der Waals surface area contributed by atoms with Crippen LogP contribution in [0.1, 0.15) is 11.1 Å². The first kappa shape index (κ1) is 16.2. The lowest BCUT2D eigenvalue weighted by Gasteiger charge is -2.08. The minimum Gasteiger partial charge on any atom is -0.0894 e. The predicted octanol–water partition coefficient (Wildman–Crippen LogP) is 7.28. The zero-order chi connectivity index (χ0) is 16.1. The summed E-state index contributed by atoms with van der Waals surface area (Å²) in [6.07, 6.45) is 2.17. The van der Waals surface area contributed by atoms with Gasteiger partial charge in [0.1, 0.15) is 0 Å². The van der Waals surface area contributed by atoms with Gasteiger partial charge in [-0.2, -0.15) is 0 Å². The van der Waals surface area contributed by atoms with Gasteiger partial charge in [-0.1, -0.05) is 77.4 Å². The van der Waals surface area contributed by atoms with Gasteiger partial charge in [0.25, 0.3) is 0 Å². The Hall–Kier alpha value is -1.67. The molecule has 0 spiro atoms. The first-order valence-corrected chi connectivity index (χ1v) is 8.74. The van der Waals surface area contributed by atoms with Gasteiger partial charge in [-0.05, 0) is 53.6 Å². The van der Waals surface area contributed by atoms with Crippen molar-refractivity contribution >= 4 is 45.9 Å². The number of benzene rings is 3. The zero-order valence-corrected chi connectivity index (χ0v) is 14.6. The van der Waals surface area contributed by atoms with Gasteiger partial charge >= 0.3 is 0 Å². The smallest absolute Gasteiger partial charge is 0.0406 e. The molecule has 3 heteroatoms. The number of hydrogen-bond acceptors (Lipinski definition) is 1. The molecule has 3 rings (SSSR count). The second-order valence-electron chi connectivity index (χ2n) is 4.98. The van der Waals surface area contributed by atoms with Crippen molar-refractivity contribution in [1.29, 1.82) is 0 Å². The average molecular weight is 357 g/mol. The van der Waals surface area contributed by atoms with Crippen LogP contribution in [0.5, 0.6) is 0 Å². The molecule has 0 nitrogen and oxygen atoms in total. The normalized spacial score (nSPS) is 11.5. The lowest BCUT2D eigenvalue weighted by molar-refractivity contribution is 1.47. The first-order chi connectivity index (χ1) is 11.2. The highest BCUT2D eigenvalue weighted by Gasteiger charge is 2.05. The monoisotopic (exact) mass is 356 g/mol. The summed E-state index contributed by atoms with van der Waals surface area (Å²) in [7, 11) is 0. The second kappa shape index (κ2) is 7.74. The van der Waals surface area contributed by atoms with Crippen LogP contribution in [0.2, 0.25) is 10.0 Å².